The number of halogens is 2. The lowest BCUT2D eigenvalue weighted by molar-refractivity contribution is 0.0478. The van der Waals surface area contributed by atoms with Gasteiger partial charge < -0.3 is 30.5 Å². The predicted octanol–water partition coefficient (Wildman–Crippen LogP) is 3.99. The quantitative estimate of drug-likeness (QED) is 0.314. The van der Waals surface area contributed by atoms with Gasteiger partial charge in [-0.15, -0.1) is 0 Å². The molecule has 0 bridgehead atoms. The van der Waals surface area contributed by atoms with Crippen LogP contribution in [0.3, 0.4) is 0 Å². The van der Waals surface area contributed by atoms with E-state index in [2.05, 4.69) is 16.0 Å². The minimum Gasteiger partial charge on any atom is -0.465 e. The molecule has 0 radical (unpaired) electrons. The van der Waals surface area contributed by atoms with Crippen LogP contribution in [0.1, 0.15) is 46.9 Å². The Labute approximate surface area is 215 Å². The first-order valence-corrected chi connectivity index (χ1v) is 12.4. The van der Waals surface area contributed by atoms with Crippen molar-refractivity contribution < 1.29 is 28.6 Å². The van der Waals surface area contributed by atoms with Gasteiger partial charge in [-0.3, -0.25) is 4.79 Å². The number of nitrogens with one attached hydrogen (secondary N) is 3. The van der Waals surface area contributed by atoms with Gasteiger partial charge in [-0.25, -0.2) is 9.18 Å². The Morgan fingerprint density at radius 3 is 2.75 bits per heavy atom. The van der Waals surface area contributed by atoms with Gasteiger partial charge in [-0.1, -0.05) is 23.7 Å². The second kappa shape index (κ2) is 14.1. The number of likely N-dealkylation sites (N-methyl/N-ethyl adjacent to an activating group) is 1. The Morgan fingerprint density at radius 1 is 1.22 bits per heavy atom. The number of carbonyl (C=O) groups is 2. The number of carbonyl (C=O) groups excluding carboxylic acids is 1. The van der Waals surface area contributed by atoms with Crippen LogP contribution in [0.25, 0.3) is 0 Å². The van der Waals surface area contributed by atoms with Crippen LogP contribution in [0.2, 0.25) is 5.02 Å². The van der Waals surface area contributed by atoms with Crippen molar-refractivity contribution in [1.29, 1.82) is 0 Å². The molecule has 1 fully saturated rings. The molecule has 0 saturated carbocycles. The van der Waals surface area contributed by atoms with E-state index in [-0.39, 0.29) is 30.1 Å². The van der Waals surface area contributed by atoms with Gasteiger partial charge in [-0.05, 0) is 73.7 Å². The maximum absolute atomic E-state index is 14.1. The summed E-state index contributed by atoms with van der Waals surface area (Å²) in [5, 5.41) is 17.5. The molecule has 1 aliphatic rings. The van der Waals surface area contributed by atoms with Crippen molar-refractivity contribution in [2.24, 2.45) is 5.92 Å². The molecule has 0 spiro atoms. The Hall–Kier alpha value is -2.72. The second-order valence-electron chi connectivity index (χ2n) is 8.83. The highest BCUT2D eigenvalue weighted by atomic mass is 35.5. The van der Waals surface area contributed by atoms with Crippen molar-refractivity contribution in [3.63, 3.8) is 0 Å². The molecule has 1 saturated heterocycles. The molecular weight excluding hydrogens is 489 g/mol. The highest BCUT2D eigenvalue weighted by Crippen LogP contribution is 2.29. The van der Waals surface area contributed by atoms with Crippen LogP contribution in [0.4, 0.5) is 9.18 Å². The number of rotatable bonds is 12. The average Bonchev–Trinajstić information content (AvgIpc) is 2.86. The summed E-state index contributed by atoms with van der Waals surface area (Å²) in [4.78, 5) is 23.7. The van der Waals surface area contributed by atoms with E-state index < -0.39 is 18.0 Å². The molecule has 0 aliphatic carbocycles. The van der Waals surface area contributed by atoms with E-state index in [9.17, 15) is 14.0 Å². The van der Waals surface area contributed by atoms with Gasteiger partial charge in [0.2, 0.25) is 0 Å². The van der Waals surface area contributed by atoms with Gasteiger partial charge in [0.05, 0.1) is 6.61 Å². The van der Waals surface area contributed by atoms with Gasteiger partial charge in [0.15, 0.2) is 0 Å². The Morgan fingerprint density at radius 2 is 2.06 bits per heavy atom. The smallest absolute Gasteiger partial charge is 0.404 e. The van der Waals surface area contributed by atoms with Crippen LogP contribution in [0.15, 0.2) is 42.5 Å². The molecule has 36 heavy (non-hydrogen) atoms. The van der Waals surface area contributed by atoms with Crippen LogP contribution in [-0.4, -0.2) is 63.1 Å². The van der Waals surface area contributed by atoms with Crippen molar-refractivity contribution in [3.8, 4) is 0 Å². The maximum atomic E-state index is 14.1. The maximum Gasteiger partial charge on any atom is 0.404 e. The summed E-state index contributed by atoms with van der Waals surface area (Å²) >= 11 is 6.06. The lowest BCUT2D eigenvalue weighted by Crippen LogP contribution is -2.41. The van der Waals surface area contributed by atoms with E-state index in [1.54, 1.807) is 30.3 Å². The normalized spacial score (nSPS) is 17.2. The highest BCUT2D eigenvalue weighted by Gasteiger charge is 2.21. The van der Waals surface area contributed by atoms with E-state index >= 15 is 0 Å². The molecule has 4 N–H and O–H groups in total. The molecule has 10 heteroatoms. The van der Waals surface area contributed by atoms with Crippen LogP contribution >= 0.6 is 11.6 Å². The third-order valence-corrected chi connectivity index (χ3v) is 6.31. The predicted molar refractivity (Wildman–Crippen MR) is 135 cm³/mol. The number of hydrogen-bond donors (Lipinski definition) is 4. The minimum atomic E-state index is -1.17. The summed E-state index contributed by atoms with van der Waals surface area (Å²) in [6.07, 6.45) is 1.18. The van der Waals surface area contributed by atoms with Crippen LogP contribution in [-0.2, 0) is 9.47 Å². The van der Waals surface area contributed by atoms with Gasteiger partial charge in [0, 0.05) is 42.9 Å². The topological polar surface area (TPSA) is 109 Å². The Kier molecular flexibility index (Phi) is 10.9. The van der Waals surface area contributed by atoms with Crippen molar-refractivity contribution in [2.45, 2.75) is 31.4 Å². The lowest BCUT2D eigenvalue weighted by atomic mass is 9.94. The Balaban J connectivity index is 1.70. The molecule has 2 aromatic rings. The molecule has 3 atom stereocenters. The largest absolute Gasteiger partial charge is 0.465 e. The third-order valence-electron chi connectivity index (χ3n) is 6.09. The first kappa shape index (κ1) is 27.9. The molecule has 1 aliphatic heterocycles. The van der Waals surface area contributed by atoms with Crippen LogP contribution in [0.5, 0.6) is 0 Å². The van der Waals surface area contributed by atoms with Gasteiger partial charge in [0.25, 0.3) is 5.91 Å². The summed E-state index contributed by atoms with van der Waals surface area (Å²) < 4.78 is 25.5. The van der Waals surface area contributed by atoms with E-state index in [0.717, 1.165) is 32.5 Å². The fourth-order valence-electron chi connectivity index (χ4n) is 4.31. The summed E-state index contributed by atoms with van der Waals surface area (Å²) in [6.45, 7) is 2.12. The first-order chi connectivity index (χ1) is 17.4. The monoisotopic (exact) mass is 521 g/mol. The molecule has 3 rings (SSSR count). The van der Waals surface area contributed by atoms with E-state index in [0.29, 0.717) is 29.2 Å². The van der Waals surface area contributed by atoms with Gasteiger partial charge >= 0.3 is 6.09 Å². The summed E-state index contributed by atoms with van der Waals surface area (Å²) in [6, 6.07) is 11.1. The summed E-state index contributed by atoms with van der Waals surface area (Å²) in [5.41, 5.74) is 1.50. The highest BCUT2D eigenvalue weighted by molar-refractivity contribution is 6.30. The molecule has 2 aromatic carbocycles. The number of hydrogen-bond acceptors (Lipinski definition) is 5. The average molecular weight is 522 g/mol. The standard InChI is InChI=1S/C26H33ClFN3O5/c1-29-23(10-17-4-3-8-35-16-17)15-31-25(32)19-6-2-5-18(11-19)24(36-9-7-30-26(33)34)20-12-21(27)14-22(28)13-20/h2,5-6,11-14,17,23-24,29-30H,3-4,7-10,15-16H2,1H3,(H,31,32)(H,33,34)/t17-,23+,24+/m1/s1. The zero-order chi connectivity index (χ0) is 25.9. The molecule has 0 unspecified atom stereocenters. The van der Waals surface area contributed by atoms with Crippen molar-refractivity contribution in [3.05, 3.63) is 70.0 Å². The number of ether oxygens (including phenoxy) is 2. The molecular formula is C26H33ClFN3O5. The van der Waals surface area contributed by atoms with Crippen molar-refractivity contribution in [2.75, 3.05) is 40.0 Å². The van der Waals surface area contributed by atoms with Crippen LogP contribution in [0, 0.1) is 11.7 Å². The third kappa shape index (κ3) is 8.74. The van der Waals surface area contributed by atoms with E-state index in [4.69, 9.17) is 26.2 Å². The van der Waals surface area contributed by atoms with Gasteiger partial charge in [-0.2, -0.15) is 0 Å². The fraction of sp³-hybridized carbons (Fsp3) is 0.462. The van der Waals surface area contributed by atoms with Crippen molar-refractivity contribution >= 4 is 23.6 Å². The fourth-order valence-corrected chi connectivity index (χ4v) is 4.54. The lowest BCUT2D eigenvalue weighted by Gasteiger charge is -2.26. The van der Waals surface area contributed by atoms with Gasteiger partial charge in [0.1, 0.15) is 11.9 Å². The minimum absolute atomic E-state index is 0.0379. The zero-order valence-electron chi connectivity index (χ0n) is 20.3. The second-order valence-corrected chi connectivity index (χ2v) is 9.26. The molecule has 8 nitrogen and oxygen atoms in total. The van der Waals surface area contributed by atoms with Crippen LogP contribution < -0.4 is 16.0 Å². The zero-order valence-corrected chi connectivity index (χ0v) is 21.0. The van der Waals surface area contributed by atoms with E-state index in [1.807, 2.05) is 7.05 Å². The Bertz CT molecular complexity index is 999. The SMILES string of the molecule is CN[C@H](CNC(=O)c1cccc([C@H](OCCNC(=O)O)c2cc(F)cc(Cl)c2)c1)C[C@H]1CCCOC1. The molecule has 0 aromatic heterocycles. The number of carboxylic acid groups (broad SMARTS) is 1. The molecule has 196 valence electrons. The first-order valence-electron chi connectivity index (χ1n) is 12.0. The summed E-state index contributed by atoms with van der Waals surface area (Å²) in [5.74, 6) is -0.284. The number of amides is 2. The number of benzene rings is 2. The molecule has 2 amide bonds. The van der Waals surface area contributed by atoms with Crippen molar-refractivity contribution in [1.82, 2.24) is 16.0 Å². The molecule has 1 heterocycles. The van der Waals surface area contributed by atoms with E-state index in [1.165, 1.54) is 12.1 Å². The summed E-state index contributed by atoms with van der Waals surface area (Å²) in [7, 11) is 1.88.